The van der Waals surface area contributed by atoms with Crippen LogP contribution in [0.2, 0.25) is 0 Å². The molecule has 0 fully saturated rings. The number of nitro benzene ring substituents is 2. The highest BCUT2D eigenvalue weighted by Gasteiger charge is 2.17. The number of aromatic hydroxyl groups is 1. The minimum absolute atomic E-state index is 0.0140. The van der Waals surface area contributed by atoms with Gasteiger partial charge in [0.15, 0.2) is 11.5 Å². The number of nitro groups is 2. The lowest BCUT2D eigenvalue weighted by Gasteiger charge is -2.07. The number of hydrogen-bond acceptors (Lipinski definition) is 9. The van der Waals surface area contributed by atoms with Crippen LogP contribution in [0.1, 0.15) is 22.2 Å². The molecule has 3 rings (SSSR count). The van der Waals surface area contributed by atoms with E-state index in [1.165, 1.54) is 18.2 Å². The van der Waals surface area contributed by atoms with Crippen LogP contribution in [0, 0.1) is 20.2 Å². The lowest BCUT2D eigenvalue weighted by Crippen LogP contribution is -2.16. The summed E-state index contributed by atoms with van der Waals surface area (Å²) in [7, 11) is 0. The summed E-state index contributed by atoms with van der Waals surface area (Å²) in [5, 5.41) is 36.4. The van der Waals surface area contributed by atoms with E-state index < -0.39 is 15.8 Å². The summed E-state index contributed by atoms with van der Waals surface area (Å²) >= 11 is 1.12. The zero-order valence-electron chi connectivity index (χ0n) is 15.4. The summed E-state index contributed by atoms with van der Waals surface area (Å²) in [5.74, 6) is -1.01. The summed E-state index contributed by atoms with van der Waals surface area (Å²) in [4.78, 5) is 33.3. The van der Waals surface area contributed by atoms with E-state index in [0.717, 1.165) is 29.7 Å². The zero-order chi connectivity index (χ0) is 21.8. The quantitative estimate of drug-likeness (QED) is 0.329. The number of nitrogens with zero attached hydrogens (tertiary/aromatic N) is 3. The molecule has 0 unspecified atom stereocenters. The maximum atomic E-state index is 12.3. The molecule has 1 amide bonds. The van der Waals surface area contributed by atoms with Crippen molar-refractivity contribution in [2.24, 2.45) is 5.10 Å². The van der Waals surface area contributed by atoms with Crippen molar-refractivity contribution in [3.63, 3.8) is 0 Å². The third-order valence-corrected chi connectivity index (χ3v) is 5.02. The number of phenolic OH excluding ortho intramolecular Hbond substituents is 1. The molecule has 0 spiro atoms. The highest BCUT2D eigenvalue weighted by Crippen LogP contribution is 2.34. The maximum Gasteiger partial charge on any atom is 0.281 e. The van der Waals surface area contributed by atoms with Gasteiger partial charge in [-0.25, -0.2) is 5.43 Å². The molecular weight excluding hydrogens is 416 g/mol. The molecule has 30 heavy (non-hydrogen) atoms. The first-order valence-electron chi connectivity index (χ1n) is 8.45. The fraction of sp³-hybridized carbons (Fsp3) is 0.111. The van der Waals surface area contributed by atoms with E-state index in [1.54, 1.807) is 13.0 Å². The van der Waals surface area contributed by atoms with Crippen molar-refractivity contribution in [1.82, 2.24) is 5.43 Å². The molecular formula is C18H14N4O7S. The third-order valence-electron chi connectivity index (χ3n) is 3.90. The summed E-state index contributed by atoms with van der Waals surface area (Å²) in [6, 6.07) is 7.93. The molecule has 0 aliphatic rings. The fourth-order valence-electron chi connectivity index (χ4n) is 2.56. The van der Waals surface area contributed by atoms with Gasteiger partial charge in [-0.3, -0.25) is 25.0 Å². The van der Waals surface area contributed by atoms with Crippen LogP contribution in [0.4, 0.5) is 11.4 Å². The number of benzene rings is 2. The molecule has 1 heterocycles. The highest BCUT2D eigenvalue weighted by molar-refractivity contribution is 7.20. The highest BCUT2D eigenvalue weighted by atomic mass is 32.1. The largest absolute Gasteiger partial charge is 0.504 e. The number of non-ortho nitro benzene ring substituents is 2. The molecule has 0 saturated carbocycles. The van der Waals surface area contributed by atoms with Gasteiger partial charge in [-0.1, -0.05) is 0 Å². The Kier molecular flexibility index (Phi) is 5.88. The normalized spacial score (nSPS) is 11.0. The minimum Gasteiger partial charge on any atom is -0.504 e. The van der Waals surface area contributed by atoms with Gasteiger partial charge in [0.05, 0.1) is 33.6 Å². The second-order valence-corrected chi connectivity index (χ2v) is 6.94. The average Bonchev–Trinajstić information content (AvgIpc) is 3.14. The Hall–Kier alpha value is -4.06. The van der Waals surface area contributed by atoms with Gasteiger partial charge in [-0.05, 0) is 19.1 Å². The van der Waals surface area contributed by atoms with Crippen molar-refractivity contribution in [1.29, 1.82) is 0 Å². The van der Waals surface area contributed by atoms with E-state index in [1.807, 2.05) is 0 Å². The number of ether oxygens (including phenoxy) is 1. The van der Waals surface area contributed by atoms with E-state index in [9.17, 15) is 30.1 Å². The van der Waals surface area contributed by atoms with Crippen LogP contribution in [-0.2, 0) is 0 Å². The summed E-state index contributed by atoms with van der Waals surface area (Å²) in [5.41, 5.74) is 1.85. The van der Waals surface area contributed by atoms with E-state index in [2.05, 4.69) is 10.5 Å². The monoisotopic (exact) mass is 430 g/mol. The molecule has 0 saturated heterocycles. The second kappa shape index (κ2) is 8.53. The third kappa shape index (κ3) is 4.33. The standard InChI is InChI=1S/C18H14N4O7S/c1-2-29-14-8-13(22(27)28)6-11(17(14)23)9-19-20-18(24)16-7-10-5-12(21(25)26)3-4-15(10)30-16/h3-9,23H,2H2,1H3,(H,20,24)/b19-9-. The van der Waals surface area contributed by atoms with Crippen LogP contribution in [-0.4, -0.2) is 33.7 Å². The van der Waals surface area contributed by atoms with Crippen molar-refractivity contribution in [3.8, 4) is 11.5 Å². The molecule has 11 nitrogen and oxygen atoms in total. The number of carbonyl (C=O) groups is 1. The Morgan fingerprint density at radius 2 is 1.93 bits per heavy atom. The number of rotatable bonds is 7. The summed E-state index contributed by atoms with van der Waals surface area (Å²) < 4.78 is 5.86. The fourth-order valence-corrected chi connectivity index (χ4v) is 3.49. The van der Waals surface area contributed by atoms with Crippen LogP contribution in [0.5, 0.6) is 11.5 Å². The Bertz CT molecular complexity index is 1190. The molecule has 0 atom stereocenters. The van der Waals surface area contributed by atoms with E-state index in [0.29, 0.717) is 10.1 Å². The van der Waals surface area contributed by atoms with Crippen molar-refractivity contribution in [2.45, 2.75) is 6.92 Å². The first-order valence-corrected chi connectivity index (χ1v) is 9.27. The van der Waals surface area contributed by atoms with E-state index in [4.69, 9.17) is 4.74 Å². The van der Waals surface area contributed by atoms with Crippen molar-refractivity contribution < 1.29 is 24.5 Å². The van der Waals surface area contributed by atoms with Crippen LogP contribution < -0.4 is 10.2 Å². The number of amides is 1. The predicted octanol–water partition coefficient (Wildman–Crippen LogP) is 3.59. The van der Waals surface area contributed by atoms with Crippen LogP contribution in [0.25, 0.3) is 10.1 Å². The van der Waals surface area contributed by atoms with Gasteiger partial charge >= 0.3 is 0 Å². The van der Waals surface area contributed by atoms with Crippen LogP contribution in [0.3, 0.4) is 0 Å². The van der Waals surface area contributed by atoms with Gasteiger partial charge in [-0.15, -0.1) is 11.3 Å². The first-order chi connectivity index (χ1) is 14.3. The molecule has 2 N–H and O–H groups in total. The second-order valence-electron chi connectivity index (χ2n) is 5.86. The molecule has 3 aromatic rings. The van der Waals surface area contributed by atoms with Gasteiger partial charge in [0.1, 0.15) is 0 Å². The predicted molar refractivity (Wildman–Crippen MR) is 109 cm³/mol. The first kappa shape index (κ1) is 20.7. The van der Waals surface area contributed by atoms with Crippen molar-refractivity contribution in [2.75, 3.05) is 6.61 Å². The molecule has 1 aromatic heterocycles. The summed E-state index contributed by atoms with van der Waals surface area (Å²) in [6.07, 6.45) is 1.06. The SMILES string of the molecule is CCOc1cc([N+](=O)[O-])cc(/C=N\NC(=O)c2cc3cc([N+](=O)[O-])ccc3s2)c1O. The molecule has 0 aliphatic heterocycles. The number of thiophene rings is 1. The molecule has 154 valence electrons. The zero-order valence-corrected chi connectivity index (χ0v) is 16.2. The topological polar surface area (TPSA) is 157 Å². The summed E-state index contributed by atoms with van der Waals surface area (Å²) in [6.45, 7) is 1.85. The van der Waals surface area contributed by atoms with Gasteiger partial charge in [0, 0.05) is 33.8 Å². The van der Waals surface area contributed by atoms with Crippen LogP contribution in [0.15, 0.2) is 41.5 Å². The van der Waals surface area contributed by atoms with Gasteiger partial charge in [0.25, 0.3) is 17.3 Å². The number of nitrogens with one attached hydrogen (secondary N) is 1. The lowest BCUT2D eigenvalue weighted by molar-refractivity contribution is -0.385. The van der Waals surface area contributed by atoms with Crippen molar-refractivity contribution >= 4 is 44.9 Å². The number of hydrazone groups is 1. The number of fused-ring (bicyclic) bond motifs is 1. The van der Waals surface area contributed by atoms with Crippen LogP contribution >= 0.6 is 11.3 Å². The number of carbonyl (C=O) groups excluding carboxylic acids is 1. The Labute approximate surface area is 172 Å². The van der Waals surface area contributed by atoms with Gasteiger partial charge in [-0.2, -0.15) is 5.10 Å². The Morgan fingerprint density at radius 1 is 1.20 bits per heavy atom. The molecule has 12 heteroatoms. The van der Waals surface area contributed by atoms with E-state index in [-0.39, 0.29) is 39.9 Å². The van der Waals surface area contributed by atoms with Gasteiger partial charge in [0.2, 0.25) is 0 Å². The molecule has 2 aromatic carbocycles. The Morgan fingerprint density at radius 3 is 2.60 bits per heavy atom. The molecule has 0 aliphatic carbocycles. The average molecular weight is 430 g/mol. The van der Waals surface area contributed by atoms with E-state index >= 15 is 0 Å². The van der Waals surface area contributed by atoms with Gasteiger partial charge < -0.3 is 9.84 Å². The molecule has 0 bridgehead atoms. The number of hydrogen-bond donors (Lipinski definition) is 2. The smallest absolute Gasteiger partial charge is 0.281 e. The lowest BCUT2D eigenvalue weighted by atomic mass is 10.1. The number of phenols is 1. The Balaban J connectivity index is 1.81. The maximum absolute atomic E-state index is 12.3. The molecule has 0 radical (unpaired) electrons. The van der Waals surface area contributed by atoms with Crippen molar-refractivity contribution in [3.05, 3.63) is 67.1 Å². The minimum atomic E-state index is -0.645.